The van der Waals surface area contributed by atoms with Crippen molar-refractivity contribution in [1.82, 2.24) is 5.32 Å². The summed E-state index contributed by atoms with van der Waals surface area (Å²) in [6.07, 6.45) is 1.44. The molecule has 2 aromatic rings. The van der Waals surface area contributed by atoms with Crippen LogP contribution in [0.1, 0.15) is 63.2 Å². The Labute approximate surface area is 369 Å². The van der Waals surface area contributed by atoms with E-state index in [1.807, 2.05) is 19.9 Å². The van der Waals surface area contributed by atoms with Crippen molar-refractivity contribution in [2.45, 2.75) is 52.9 Å². The van der Waals surface area contributed by atoms with Crippen LogP contribution in [0.15, 0.2) is 69.9 Å². The smallest absolute Gasteiger partial charge is 0.472 e. The summed E-state index contributed by atoms with van der Waals surface area (Å²) in [5.74, 6) is -0.568. The van der Waals surface area contributed by atoms with Gasteiger partial charge in [0.05, 0.1) is 52.9 Å². The molecule has 25 heteroatoms. The molecule has 1 aliphatic heterocycles. The van der Waals surface area contributed by atoms with E-state index in [1.54, 1.807) is 30.3 Å². The molecule has 356 valence electrons. The van der Waals surface area contributed by atoms with Crippen LogP contribution >= 0.6 is 31.3 Å². The first-order valence-electron chi connectivity index (χ1n) is 20.2. The summed E-state index contributed by atoms with van der Waals surface area (Å²) in [7, 11) is -18.2. The summed E-state index contributed by atoms with van der Waals surface area (Å²) in [5.41, 5.74) is 2.44. The van der Waals surface area contributed by atoms with Crippen molar-refractivity contribution in [1.29, 1.82) is 0 Å². The van der Waals surface area contributed by atoms with E-state index < -0.39 is 76.8 Å². The van der Waals surface area contributed by atoms with Gasteiger partial charge in [0.25, 0.3) is 5.91 Å². The molecule has 2 aromatic carbocycles. The lowest BCUT2D eigenvalue weighted by Crippen LogP contribution is -2.24. The molecule has 0 radical (unpaired) electrons. The molecule has 0 spiro atoms. The fourth-order valence-corrected chi connectivity index (χ4v) is 8.99. The van der Waals surface area contributed by atoms with Crippen LogP contribution in [0.3, 0.4) is 0 Å². The molecule has 0 saturated carbocycles. The zero-order valence-corrected chi connectivity index (χ0v) is 39.1. The van der Waals surface area contributed by atoms with Crippen LogP contribution in [-0.2, 0) is 54.5 Å². The Hall–Kier alpha value is -3.16. The monoisotopic (exact) mass is 981 g/mol. The zero-order chi connectivity index (χ0) is 47.0. The number of rotatable bonds is 30. The number of nitrogens with one attached hydrogen (secondary N) is 1. The van der Waals surface area contributed by atoms with Gasteiger partial charge in [0, 0.05) is 46.7 Å². The van der Waals surface area contributed by atoms with Gasteiger partial charge in [-0.15, -0.1) is 0 Å². The number of aromatic hydroxyl groups is 1. The molecule has 0 bridgehead atoms. The highest BCUT2D eigenvalue weighted by Gasteiger charge is 2.28. The van der Waals surface area contributed by atoms with E-state index in [1.165, 1.54) is 31.2 Å². The van der Waals surface area contributed by atoms with Crippen molar-refractivity contribution >= 4 is 48.2 Å². The summed E-state index contributed by atoms with van der Waals surface area (Å²) in [6, 6.07) is 15.9. The number of phosphoric acid groups is 4. The molecule has 1 aliphatic carbocycles. The predicted octanol–water partition coefficient (Wildman–Crippen LogP) is 7.78. The van der Waals surface area contributed by atoms with Gasteiger partial charge in [0.2, 0.25) is 0 Å². The molecule has 0 aromatic heterocycles. The van der Waals surface area contributed by atoms with Crippen LogP contribution in [0.4, 0.5) is 0 Å². The number of carbonyl (C=O) groups is 1. The minimum absolute atomic E-state index is 0.0202. The fourth-order valence-electron chi connectivity index (χ4n) is 5.90. The quantitative estimate of drug-likeness (QED) is 0.0165. The minimum Gasteiger partial charge on any atom is -0.508 e. The van der Waals surface area contributed by atoms with Crippen molar-refractivity contribution < 1.29 is 88.3 Å². The second-order valence-electron chi connectivity index (χ2n) is 14.6. The van der Waals surface area contributed by atoms with Gasteiger partial charge in [-0.05, 0) is 80.5 Å². The number of amides is 1. The lowest BCUT2D eigenvalue weighted by molar-refractivity contribution is 0.0843. The number of fused-ring (bicyclic) bond motifs is 2. The van der Waals surface area contributed by atoms with E-state index in [4.69, 9.17) is 31.6 Å². The van der Waals surface area contributed by atoms with Gasteiger partial charge in [-0.2, -0.15) is 0 Å². The molecule has 21 nitrogen and oxygen atoms in total. The van der Waals surface area contributed by atoms with Crippen molar-refractivity contribution in [3.05, 3.63) is 76.5 Å². The normalized spacial score (nSPS) is 16.2. The maximum atomic E-state index is 13.3. The molecular formula is C39H55NO20P4. The lowest BCUT2D eigenvalue weighted by Gasteiger charge is -2.20. The number of unbranched alkanes of at least 4 members (excludes halogenated alkanes) is 1. The summed E-state index contributed by atoms with van der Waals surface area (Å²) in [4.78, 5) is 65.0. The van der Waals surface area contributed by atoms with E-state index in [2.05, 4.69) is 14.4 Å². The molecule has 1 amide bonds. The second-order valence-corrected chi connectivity index (χ2v) is 20.4. The topological polar surface area (TPSA) is 303 Å². The number of phenols is 1. The van der Waals surface area contributed by atoms with Crippen LogP contribution in [0.2, 0.25) is 0 Å². The Morgan fingerprint density at radius 3 is 1.94 bits per heavy atom. The first kappa shape index (κ1) is 53.5. The van der Waals surface area contributed by atoms with Gasteiger partial charge < -0.3 is 34.4 Å². The maximum absolute atomic E-state index is 13.3. The van der Waals surface area contributed by atoms with Crippen molar-refractivity contribution in [2.24, 2.45) is 11.8 Å². The van der Waals surface area contributed by atoms with Gasteiger partial charge in [0.1, 0.15) is 17.1 Å². The van der Waals surface area contributed by atoms with E-state index >= 15 is 0 Å². The fraction of sp³-hybridized carbons (Fsp3) is 0.487. The van der Waals surface area contributed by atoms with E-state index in [9.17, 15) is 52.5 Å². The number of phenolic OH excluding ortho intramolecular Hbond substituents is 1. The third kappa shape index (κ3) is 18.6. The van der Waals surface area contributed by atoms with Crippen molar-refractivity contribution in [3.63, 3.8) is 0 Å². The van der Waals surface area contributed by atoms with E-state index in [0.29, 0.717) is 58.2 Å². The lowest BCUT2D eigenvalue weighted by atomic mass is 9.92. The SMILES string of the molecule is CCOP(=O)(O)OCC(CCCCNC(=O)c1cccc(-c2c3ccc(=O)cc-3oc3cc(O)ccc23)c1)COP(=O)(O)OCCCOP(=O)(O)OCCOP(=O)(O)OCCC(C)C. The first-order chi connectivity index (χ1) is 30.2. The molecule has 4 rings (SSSR count). The third-order valence-electron chi connectivity index (χ3n) is 8.99. The molecule has 2 aliphatic rings. The van der Waals surface area contributed by atoms with Gasteiger partial charge >= 0.3 is 31.3 Å². The van der Waals surface area contributed by atoms with Gasteiger partial charge in [0.15, 0.2) is 5.43 Å². The molecule has 6 N–H and O–H groups in total. The summed E-state index contributed by atoms with van der Waals surface area (Å²) >= 11 is 0. The summed E-state index contributed by atoms with van der Waals surface area (Å²) < 4.78 is 93.4. The highest BCUT2D eigenvalue weighted by Crippen LogP contribution is 2.48. The Morgan fingerprint density at radius 1 is 0.688 bits per heavy atom. The number of hydrogen-bond donors (Lipinski definition) is 6. The second kappa shape index (κ2) is 25.1. The van der Waals surface area contributed by atoms with Gasteiger partial charge in [-0.3, -0.25) is 45.8 Å². The van der Waals surface area contributed by atoms with E-state index in [0.717, 1.165) is 0 Å². The van der Waals surface area contributed by atoms with Crippen molar-refractivity contribution in [3.8, 4) is 28.2 Å². The number of phosphoric ester groups is 4. The van der Waals surface area contributed by atoms with Crippen LogP contribution < -0.4 is 10.7 Å². The van der Waals surface area contributed by atoms with Crippen LogP contribution in [0.5, 0.6) is 5.75 Å². The van der Waals surface area contributed by atoms with E-state index in [-0.39, 0.29) is 55.6 Å². The Morgan fingerprint density at radius 2 is 1.30 bits per heavy atom. The molecule has 0 fully saturated rings. The third-order valence-corrected chi connectivity index (χ3v) is 13.1. The molecule has 5 unspecified atom stereocenters. The number of benzene rings is 3. The molecule has 64 heavy (non-hydrogen) atoms. The van der Waals surface area contributed by atoms with Gasteiger partial charge in [-0.1, -0.05) is 32.4 Å². The zero-order valence-electron chi connectivity index (χ0n) is 35.5. The molecule has 0 saturated heterocycles. The number of hydrogen-bond acceptors (Lipinski definition) is 16. The predicted molar refractivity (Wildman–Crippen MR) is 233 cm³/mol. The molecule has 5 atom stereocenters. The minimum atomic E-state index is -4.71. The van der Waals surface area contributed by atoms with Crippen molar-refractivity contribution in [2.75, 3.05) is 59.4 Å². The Bertz CT molecular complexity index is 2360. The average Bonchev–Trinajstić information content (AvgIpc) is 3.21. The molecule has 1 heterocycles. The average molecular weight is 982 g/mol. The highest BCUT2D eigenvalue weighted by molar-refractivity contribution is 7.48. The maximum Gasteiger partial charge on any atom is 0.472 e. The first-order valence-corrected chi connectivity index (χ1v) is 26.2. The Balaban J connectivity index is 1.23. The standard InChI is InChI=1S/C39H55NO20P4/c1-4-52-61(44,45)58-26-29(27-59-64(50,51)54-19-8-18-53-62(46,47)56-21-22-57-63(48,49)55-20-16-28(2)3)9-5-6-17-40-39(43)31-11-7-10-30(23-31)38-34-14-12-32(41)24-36(34)60-37-25-33(42)13-15-35(37)38/h7,10-15,23-25,28-29,41H,4-6,8-9,16-22,26-27H2,1-3H3,(H,40,43)(H,44,45)(H,46,47)(H,48,49)(H,50,51). The Kier molecular flexibility index (Phi) is 21.0. The van der Waals surface area contributed by atoms with Crippen LogP contribution in [0.25, 0.3) is 33.4 Å². The summed E-state index contributed by atoms with van der Waals surface area (Å²) in [6.45, 7) is 2.47. The highest BCUT2D eigenvalue weighted by atomic mass is 31.2. The van der Waals surface area contributed by atoms with Crippen LogP contribution in [-0.4, -0.2) is 90.0 Å². The molecular weight excluding hydrogens is 926 g/mol. The van der Waals surface area contributed by atoms with Crippen LogP contribution in [0, 0.1) is 11.8 Å². The number of carbonyl (C=O) groups excluding carboxylic acids is 1. The van der Waals surface area contributed by atoms with Gasteiger partial charge in [-0.25, -0.2) is 18.3 Å². The summed E-state index contributed by atoms with van der Waals surface area (Å²) in [5, 5.41) is 13.6. The largest absolute Gasteiger partial charge is 0.508 e.